The van der Waals surface area contributed by atoms with Crippen LogP contribution in [0.2, 0.25) is 0 Å². The predicted octanol–water partition coefficient (Wildman–Crippen LogP) is 4.83. The van der Waals surface area contributed by atoms with Crippen LogP contribution in [0.5, 0.6) is 0 Å². The topological polar surface area (TPSA) is 0 Å². The fraction of sp³-hybridized carbons (Fsp3) is 0.643. The van der Waals surface area contributed by atoms with Gasteiger partial charge in [0.25, 0.3) is 0 Å². The predicted molar refractivity (Wildman–Crippen MR) is 64.1 cm³/mol. The summed E-state index contributed by atoms with van der Waals surface area (Å²) in [5.74, 6) is 1.61. The summed E-state index contributed by atoms with van der Waals surface area (Å²) < 4.78 is 0. The summed E-state index contributed by atoms with van der Waals surface area (Å²) in [5, 5.41) is 0. The van der Waals surface area contributed by atoms with Gasteiger partial charge in [-0.3, -0.25) is 0 Å². The number of allylic oxidation sites excluding steroid dienone is 4. The van der Waals surface area contributed by atoms with Gasteiger partial charge in [-0.2, -0.15) is 0 Å². The third-order valence-electron chi connectivity index (χ3n) is 2.80. The van der Waals surface area contributed by atoms with Gasteiger partial charge < -0.3 is 0 Å². The van der Waals surface area contributed by atoms with Crippen LogP contribution >= 0.6 is 0 Å². The fourth-order valence-electron chi connectivity index (χ4n) is 2.19. The minimum absolute atomic E-state index is 1.26. The van der Waals surface area contributed by atoms with Gasteiger partial charge >= 0.3 is 0 Å². The van der Waals surface area contributed by atoms with Gasteiger partial charge in [-0.1, -0.05) is 57.8 Å². The minimum atomic E-state index is 1.26. The van der Waals surface area contributed by atoms with E-state index in [0.29, 0.717) is 0 Å². The zero-order chi connectivity index (χ0) is 10.4. The van der Waals surface area contributed by atoms with Gasteiger partial charge in [0.15, 0.2) is 0 Å². The Balaban J connectivity index is 2.67. The highest BCUT2D eigenvalue weighted by atomic mass is 14.2. The molecule has 0 spiro atoms. The number of hydrogen-bond donors (Lipinski definition) is 0. The lowest BCUT2D eigenvalue weighted by atomic mass is 9.91. The Morgan fingerprint density at radius 2 is 1.43 bits per heavy atom. The maximum absolute atomic E-state index is 2.35. The molecule has 14 heavy (non-hydrogen) atoms. The van der Waals surface area contributed by atoms with Gasteiger partial charge in [0.2, 0.25) is 0 Å². The van der Waals surface area contributed by atoms with Crippen molar-refractivity contribution in [3.05, 3.63) is 29.2 Å². The normalized spacial score (nSPS) is 17.1. The van der Waals surface area contributed by atoms with Crippen LogP contribution in [0.25, 0.3) is 0 Å². The van der Waals surface area contributed by atoms with Crippen LogP contribution in [-0.4, -0.2) is 0 Å². The van der Waals surface area contributed by atoms with Crippen molar-refractivity contribution in [2.45, 2.75) is 59.3 Å². The number of hydrogen-bond acceptors (Lipinski definition) is 0. The highest BCUT2D eigenvalue weighted by molar-refractivity contribution is 5.48. The second-order valence-electron chi connectivity index (χ2n) is 4.11. The minimum Gasteiger partial charge on any atom is -0.0728 e. The first-order valence-corrected chi connectivity index (χ1v) is 6.09. The molecule has 0 saturated carbocycles. The molecular weight excluding hydrogens is 168 g/mol. The average molecular weight is 191 g/mol. The molecule has 0 aromatic carbocycles. The smallest absolute Gasteiger partial charge is 0.0228 e. The average Bonchev–Trinajstić information content (AvgIpc) is 2.52. The summed E-state index contributed by atoms with van der Waals surface area (Å²) >= 11 is 0. The monoisotopic (exact) mass is 191 g/mol. The standard InChI is InChI=1S/C14H23/c1-4-7-12-10-11-13(8-5-2)14(12)9-6-3/h10-11H,4-9H2,1-3H3. The molecule has 0 nitrogen and oxygen atoms in total. The van der Waals surface area contributed by atoms with E-state index in [4.69, 9.17) is 0 Å². The second kappa shape index (κ2) is 6.06. The van der Waals surface area contributed by atoms with Gasteiger partial charge in [-0.25, -0.2) is 0 Å². The van der Waals surface area contributed by atoms with E-state index in [0.717, 1.165) is 0 Å². The molecule has 0 aromatic rings. The van der Waals surface area contributed by atoms with E-state index in [1.807, 2.05) is 0 Å². The fourth-order valence-corrected chi connectivity index (χ4v) is 2.19. The highest BCUT2D eigenvalue weighted by Crippen LogP contribution is 2.35. The first-order chi connectivity index (χ1) is 6.83. The van der Waals surface area contributed by atoms with Crippen LogP contribution in [-0.2, 0) is 0 Å². The molecule has 0 amide bonds. The Morgan fingerprint density at radius 1 is 0.786 bits per heavy atom. The molecule has 1 aliphatic carbocycles. The molecule has 1 radical (unpaired) electrons. The van der Waals surface area contributed by atoms with Crippen LogP contribution in [0.15, 0.2) is 23.3 Å². The van der Waals surface area contributed by atoms with E-state index in [9.17, 15) is 0 Å². The zero-order valence-corrected chi connectivity index (χ0v) is 9.90. The largest absolute Gasteiger partial charge is 0.0728 e. The SMILES string of the molecule is CCC[C]1C=CC(CCC)=C1CCC. The van der Waals surface area contributed by atoms with Crippen molar-refractivity contribution in [2.24, 2.45) is 0 Å². The van der Waals surface area contributed by atoms with Crippen LogP contribution in [0.4, 0.5) is 0 Å². The Hall–Kier alpha value is -0.520. The molecule has 0 unspecified atom stereocenters. The molecule has 0 fully saturated rings. The Morgan fingerprint density at radius 3 is 2.00 bits per heavy atom. The van der Waals surface area contributed by atoms with Gasteiger partial charge in [0.05, 0.1) is 0 Å². The molecule has 0 saturated heterocycles. The van der Waals surface area contributed by atoms with Crippen molar-refractivity contribution in [3.8, 4) is 0 Å². The van der Waals surface area contributed by atoms with Gasteiger partial charge in [0, 0.05) is 5.92 Å². The molecule has 0 aliphatic heterocycles. The Labute approximate surface area is 89.1 Å². The summed E-state index contributed by atoms with van der Waals surface area (Å²) in [6.07, 6.45) is 12.3. The van der Waals surface area contributed by atoms with Crippen molar-refractivity contribution in [1.82, 2.24) is 0 Å². The first-order valence-electron chi connectivity index (χ1n) is 6.09. The van der Waals surface area contributed by atoms with E-state index in [-0.39, 0.29) is 0 Å². The first kappa shape index (κ1) is 11.6. The van der Waals surface area contributed by atoms with Crippen molar-refractivity contribution >= 4 is 0 Å². The van der Waals surface area contributed by atoms with Crippen LogP contribution in [0, 0.1) is 5.92 Å². The van der Waals surface area contributed by atoms with E-state index >= 15 is 0 Å². The van der Waals surface area contributed by atoms with Gasteiger partial charge in [-0.15, -0.1) is 0 Å². The summed E-state index contributed by atoms with van der Waals surface area (Å²) in [5.41, 5.74) is 3.27. The molecular formula is C14H23. The lowest BCUT2D eigenvalue weighted by molar-refractivity contribution is 0.794. The lowest BCUT2D eigenvalue weighted by Crippen LogP contribution is -1.97. The Bertz CT molecular complexity index is 220. The summed E-state index contributed by atoms with van der Waals surface area (Å²) in [6, 6.07) is 0. The van der Waals surface area contributed by atoms with E-state index < -0.39 is 0 Å². The van der Waals surface area contributed by atoms with E-state index in [1.54, 1.807) is 17.1 Å². The maximum atomic E-state index is 2.35. The summed E-state index contributed by atoms with van der Waals surface area (Å²) in [6.45, 7) is 6.81. The summed E-state index contributed by atoms with van der Waals surface area (Å²) in [7, 11) is 0. The molecule has 79 valence electrons. The van der Waals surface area contributed by atoms with Crippen molar-refractivity contribution in [1.29, 1.82) is 0 Å². The van der Waals surface area contributed by atoms with Gasteiger partial charge in [0.1, 0.15) is 0 Å². The van der Waals surface area contributed by atoms with Crippen LogP contribution < -0.4 is 0 Å². The van der Waals surface area contributed by atoms with Crippen LogP contribution in [0.3, 0.4) is 0 Å². The zero-order valence-electron chi connectivity index (χ0n) is 9.90. The molecule has 0 heteroatoms. The third kappa shape index (κ3) is 2.73. The van der Waals surface area contributed by atoms with E-state index in [1.165, 1.54) is 38.5 Å². The molecule has 0 atom stereocenters. The van der Waals surface area contributed by atoms with Crippen molar-refractivity contribution < 1.29 is 0 Å². The molecule has 1 rings (SSSR count). The molecule has 1 aliphatic rings. The molecule has 0 heterocycles. The quantitative estimate of drug-likeness (QED) is 0.564. The molecule has 0 N–H and O–H groups in total. The van der Waals surface area contributed by atoms with E-state index in [2.05, 4.69) is 32.9 Å². The number of rotatable bonds is 6. The molecule has 0 bridgehead atoms. The molecule has 0 aromatic heterocycles. The maximum Gasteiger partial charge on any atom is 0.0228 e. The summed E-state index contributed by atoms with van der Waals surface area (Å²) in [4.78, 5) is 0. The van der Waals surface area contributed by atoms with Crippen molar-refractivity contribution in [2.75, 3.05) is 0 Å². The van der Waals surface area contributed by atoms with Gasteiger partial charge in [-0.05, 0) is 24.8 Å². The highest BCUT2D eigenvalue weighted by Gasteiger charge is 2.18. The second-order valence-corrected chi connectivity index (χ2v) is 4.11. The van der Waals surface area contributed by atoms with Crippen LogP contribution in [0.1, 0.15) is 59.3 Å². The third-order valence-corrected chi connectivity index (χ3v) is 2.80. The van der Waals surface area contributed by atoms with Crippen molar-refractivity contribution in [3.63, 3.8) is 0 Å². The lowest BCUT2D eigenvalue weighted by Gasteiger charge is -2.13. The Kier molecular flexibility index (Phi) is 5.00.